The van der Waals surface area contributed by atoms with Crippen molar-refractivity contribution in [2.45, 2.75) is 32.0 Å². The van der Waals surface area contributed by atoms with E-state index in [4.69, 9.17) is 10.2 Å². The van der Waals surface area contributed by atoms with Gasteiger partial charge in [0.15, 0.2) is 0 Å². The van der Waals surface area contributed by atoms with E-state index in [1.807, 2.05) is 12.1 Å². The lowest BCUT2D eigenvalue weighted by molar-refractivity contribution is 0.499. The van der Waals surface area contributed by atoms with Crippen molar-refractivity contribution in [1.29, 1.82) is 0 Å². The van der Waals surface area contributed by atoms with Crippen molar-refractivity contribution < 1.29 is 4.42 Å². The van der Waals surface area contributed by atoms with E-state index in [1.165, 1.54) is 12.8 Å². The molecule has 5 heteroatoms. The molecule has 1 fully saturated rings. The summed E-state index contributed by atoms with van der Waals surface area (Å²) >= 11 is 0. The van der Waals surface area contributed by atoms with Crippen LogP contribution in [0, 0.1) is 0 Å². The van der Waals surface area contributed by atoms with E-state index < -0.39 is 0 Å². The van der Waals surface area contributed by atoms with Crippen LogP contribution in [0.4, 0.5) is 5.95 Å². The van der Waals surface area contributed by atoms with Crippen LogP contribution >= 0.6 is 0 Å². The largest absolute Gasteiger partial charge is 0.467 e. The fraction of sp³-hybridized carbons (Fsp3) is 0.385. The van der Waals surface area contributed by atoms with E-state index in [0.717, 1.165) is 23.8 Å². The molecule has 2 N–H and O–H groups in total. The summed E-state index contributed by atoms with van der Waals surface area (Å²) in [5.41, 5.74) is 6.50. The number of nitrogens with zero attached hydrogens (tertiary/aromatic N) is 3. The van der Waals surface area contributed by atoms with Crippen molar-refractivity contribution >= 4 is 5.95 Å². The van der Waals surface area contributed by atoms with E-state index in [-0.39, 0.29) is 0 Å². The maximum atomic E-state index is 5.55. The van der Waals surface area contributed by atoms with Gasteiger partial charge < -0.3 is 15.1 Å². The topological polar surface area (TPSA) is 68.2 Å². The second kappa shape index (κ2) is 4.78. The molecule has 1 saturated carbocycles. The molecule has 2 aromatic rings. The molecular formula is C13H16N4O. The number of furan rings is 1. The fourth-order valence-corrected chi connectivity index (χ4v) is 1.92. The predicted molar refractivity (Wildman–Crippen MR) is 67.8 cm³/mol. The molecule has 1 aliphatic carbocycles. The average Bonchev–Trinajstić information content (AvgIpc) is 3.13. The highest BCUT2D eigenvalue weighted by Gasteiger charge is 2.31. The van der Waals surface area contributed by atoms with E-state index in [2.05, 4.69) is 14.9 Å². The minimum atomic E-state index is 0.474. The molecule has 1 aliphatic rings. The summed E-state index contributed by atoms with van der Waals surface area (Å²) in [6.07, 6.45) is 7.67. The molecular weight excluding hydrogens is 228 g/mol. The third-order valence-electron chi connectivity index (χ3n) is 3.08. The number of aromatic nitrogens is 2. The third kappa shape index (κ3) is 2.36. The minimum Gasteiger partial charge on any atom is -0.467 e. The normalized spacial score (nSPS) is 14.7. The fourth-order valence-electron chi connectivity index (χ4n) is 1.92. The van der Waals surface area contributed by atoms with Crippen LogP contribution in [0.2, 0.25) is 0 Å². The quantitative estimate of drug-likeness (QED) is 0.867. The Kier molecular flexibility index (Phi) is 2.98. The molecule has 0 bridgehead atoms. The first-order chi connectivity index (χ1) is 8.86. The zero-order chi connectivity index (χ0) is 12.4. The summed E-state index contributed by atoms with van der Waals surface area (Å²) in [7, 11) is 0. The van der Waals surface area contributed by atoms with Crippen LogP contribution in [0.5, 0.6) is 0 Å². The molecule has 0 amide bonds. The van der Waals surface area contributed by atoms with Gasteiger partial charge in [-0.05, 0) is 25.0 Å². The Labute approximate surface area is 106 Å². The zero-order valence-corrected chi connectivity index (χ0v) is 10.1. The first-order valence-corrected chi connectivity index (χ1v) is 6.17. The first kappa shape index (κ1) is 11.2. The Bertz CT molecular complexity index is 490. The molecule has 94 valence electrons. The van der Waals surface area contributed by atoms with E-state index >= 15 is 0 Å². The van der Waals surface area contributed by atoms with Gasteiger partial charge in [-0.3, -0.25) is 0 Å². The van der Waals surface area contributed by atoms with E-state index in [1.54, 1.807) is 18.7 Å². The Morgan fingerprint density at radius 3 is 2.67 bits per heavy atom. The number of hydrogen-bond acceptors (Lipinski definition) is 5. The van der Waals surface area contributed by atoms with Gasteiger partial charge in [-0.25, -0.2) is 9.97 Å². The van der Waals surface area contributed by atoms with Gasteiger partial charge in [0.2, 0.25) is 5.95 Å². The molecule has 5 nitrogen and oxygen atoms in total. The summed E-state index contributed by atoms with van der Waals surface area (Å²) < 4.78 is 5.39. The molecule has 0 radical (unpaired) electrons. The highest BCUT2D eigenvalue weighted by atomic mass is 16.3. The lowest BCUT2D eigenvalue weighted by Crippen LogP contribution is -2.26. The van der Waals surface area contributed by atoms with Crippen LogP contribution in [0.15, 0.2) is 35.2 Å². The second-order valence-electron chi connectivity index (χ2n) is 4.53. The lowest BCUT2D eigenvalue weighted by Gasteiger charge is -2.20. The Morgan fingerprint density at radius 2 is 2.11 bits per heavy atom. The third-order valence-corrected chi connectivity index (χ3v) is 3.08. The second-order valence-corrected chi connectivity index (χ2v) is 4.53. The van der Waals surface area contributed by atoms with Crippen LogP contribution in [-0.4, -0.2) is 16.0 Å². The van der Waals surface area contributed by atoms with Gasteiger partial charge in [-0.15, -0.1) is 0 Å². The molecule has 2 aromatic heterocycles. The lowest BCUT2D eigenvalue weighted by atomic mass is 10.3. The number of anilines is 1. The van der Waals surface area contributed by atoms with E-state index in [0.29, 0.717) is 12.6 Å². The summed E-state index contributed by atoms with van der Waals surface area (Å²) in [6.45, 7) is 1.20. The number of rotatable bonds is 5. The van der Waals surface area contributed by atoms with Gasteiger partial charge in [0.1, 0.15) is 5.76 Å². The Hall–Kier alpha value is -1.88. The summed E-state index contributed by atoms with van der Waals surface area (Å²) in [4.78, 5) is 11.0. The molecule has 0 aromatic carbocycles. The summed E-state index contributed by atoms with van der Waals surface area (Å²) in [5.74, 6) is 1.69. The van der Waals surface area contributed by atoms with Gasteiger partial charge in [-0.2, -0.15) is 0 Å². The molecule has 3 rings (SSSR count). The van der Waals surface area contributed by atoms with Crippen molar-refractivity contribution in [3.63, 3.8) is 0 Å². The highest BCUT2D eigenvalue weighted by molar-refractivity contribution is 5.34. The SMILES string of the molecule is NCc1cnc(N(Cc2ccco2)C2CC2)nc1. The van der Waals surface area contributed by atoms with Crippen molar-refractivity contribution in [1.82, 2.24) is 9.97 Å². The predicted octanol–water partition coefficient (Wildman–Crippen LogP) is 1.70. The maximum absolute atomic E-state index is 5.55. The Morgan fingerprint density at radius 1 is 1.33 bits per heavy atom. The van der Waals surface area contributed by atoms with Gasteiger partial charge >= 0.3 is 0 Å². The van der Waals surface area contributed by atoms with Gasteiger partial charge in [0.25, 0.3) is 0 Å². The molecule has 0 unspecified atom stereocenters. The minimum absolute atomic E-state index is 0.474. The van der Waals surface area contributed by atoms with Crippen molar-refractivity contribution in [3.05, 3.63) is 42.1 Å². The van der Waals surface area contributed by atoms with Gasteiger partial charge in [-0.1, -0.05) is 0 Å². The molecule has 2 heterocycles. The van der Waals surface area contributed by atoms with Crippen molar-refractivity contribution in [2.75, 3.05) is 4.90 Å². The van der Waals surface area contributed by atoms with Gasteiger partial charge in [0.05, 0.1) is 12.8 Å². The molecule has 18 heavy (non-hydrogen) atoms. The van der Waals surface area contributed by atoms with Crippen LogP contribution in [0.1, 0.15) is 24.2 Å². The molecule has 0 spiro atoms. The number of hydrogen-bond donors (Lipinski definition) is 1. The van der Waals surface area contributed by atoms with Crippen molar-refractivity contribution in [2.24, 2.45) is 5.73 Å². The zero-order valence-electron chi connectivity index (χ0n) is 10.1. The average molecular weight is 244 g/mol. The summed E-state index contributed by atoms with van der Waals surface area (Å²) in [6, 6.07) is 4.42. The monoisotopic (exact) mass is 244 g/mol. The van der Waals surface area contributed by atoms with Crippen LogP contribution in [0.3, 0.4) is 0 Å². The van der Waals surface area contributed by atoms with Crippen molar-refractivity contribution in [3.8, 4) is 0 Å². The van der Waals surface area contributed by atoms with Crippen LogP contribution in [0.25, 0.3) is 0 Å². The standard InChI is InChI=1S/C13H16N4O/c14-6-10-7-15-13(16-8-10)17(11-3-4-11)9-12-2-1-5-18-12/h1-2,5,7-8,11H,3-4,6,9,14H2. The number of nitrogens with two attached hydrogens (primary N) is 1. The van der Waals surface area contributed by atoms with Gasteiger partial charge in [0, 0.05) is 30.5 Å². The first-order valence-electron chi connectivity index (χ1n) is 6.17. The van der Waals surface area contributed by atoms with E-state index in [9.17, 15) is 0 Å². The molecule has 0 saturated heterocycles. The summed E-state index contributed by atoms with van der Waals surface area (Å²) in [5, 5.41) is 0. The van der Waals surface area contributed by atoms with Crippen LogP contribution in [-0.2, 0) is 13.1 Å². The highest BCUT2D eigenvalue weighted by Crippen LogP contribution is 2.31. The maximum Gasteiger partial charge on any atom is 0.225 e. The smallest absolute Gasteiger partial charge is 0.225 e. The molecule has 0 aliphatic heterocycles. The molecule has 0 atom stereocenters. The van der Waals surface area contributed by atoms with Crippen LogP contribution < -0.4 is 10.6 Å². The Balaban J connectivity index is 1.80.